The van der Waals surface area contributed by atoms with Gasteiger partial charge in [-0.05, 0) is 47.1 Å². The Kier molecular flexibility index (Phi) is 3.90. The third-order valence-electron chi connectivity index (χ3n) is 3.01. The van der Waals surface area contributed by atoms with Gasteiger partial charge in [0.2, 0.25) is 0 Å². The Morgan fingerprint density at radius 3 is 2.76 bits per heavy atom. The minimum atomic E-state index is -0.334. The highest BCUT2D eigenvalue weighted by Gasteiger charge is 2.18. The SMILES string of the molecule is CC(Cl)c1nc2cc(Cl)cnc2n1-c1ccc(F)c(Br)c1. The van der Waals surface area contributed by atoms with Gasteiger partial charge in [0, 0.05) is 6.20 Å². The number of halogens is 4. The Balaban J connectivity index is 2.33. The second kappa shape index (κ2) is 5.55. The molecule has 0 aliphatic carbocycles. The predicted octanol–water partition coefficient (Wildman–Crippen LogP) is 5.28. The molecule has 21 heavy (non-hydrogen) atoms. The third-order valence-corrected chi connectivity index (χ3v) is 4.02. The predicted molar refractivity (Wildman–Crippen MR) is 85.8 cm³/mol. The Morgan fingerprint density at radius 1 is 1.33 bits per heavy atom. The Labute approximate surface area is 138 Å². The van der Waals surface area contributed by atoms with Crippen LogP contribution in [0, 0.1) is 5.82 Å². The lowest BCUT2D eigenvalue weighted by atomic mass is 10.3. The summed E-state index contributed by atoms with van der Waals surface area (Å²) in [7, 11) is 0. The maximum Gasteiger partial charge on any atom is 0.164 e. The number of rotatable bonds is 2. The molecule has 0 aliphatic rings. The van der Waals surface area contributed by atoms with Crippen molar-refractivity contribution in [3.63, 3.8) is 0 Å². The second-order valence-electron chi connectivity index (χ2n) is 4.52. The van der Waals surface area contributed by atoms with E-state index in [4.69, 9.17) is 23.2 Å². The molecule has 0 N–H and O–H groups in total. The molecule has 0 saturated heterocycles. The molecule has 108 valence electrons. The van der Waals surface area contributed by atoms with Crippen molar-refractivity contribution in [2.45, 2.75) is 12.3 Å². The number of imidazole rings is 1. The van der Waals surface area contributed by atoms with E-state index in [1.165, 1.54) is 6.07 Å². The van der Waals surface area contributed by atoms with E-state index in [0.29, 0.717) is 26.5 Å². The lowest BCUT2D eigenvalue weighted by Gasteiger charge is -2.10. The summed E-state index contributed by atoms with van der Waals surface area (Å²) >= 11 is 15.3. The average Bonchev–Trinajstić information content (AvgIpc) is 2.80. The molecule has 2 aromatic heterocycles. The molecule has 1 atom stereocenters. The minimum Gasteiger partial charge on any atom is -0.279 e. The summed E-state index contributed by atoms with van der Waals surface area (Å²) < 4.78 is 15.6. The van der Waals surface area contributed by atoms with Crippen LogP contribution in [0.4, 0.5) is 4.39 Å². The maximum atomic E-state index is 13.4. The van der Waals surface area contributed by atoms with Crippen LogP contribution in [0.3, 0.4) is 0 Å². The molecule has 0 fully saturated rings. The van der Waals surface area contributed by atoms with Gasteiger partial charge in [-0.15, -0.1) is 11.6 Å². The zero-order valence-corrected chi connectivity index (χ0v) is 13.9. The lowest BCUT2D eigenvalue weighted by Crippen LogP contribution is -2.03. The topological polar surface area (TPSA) is 30.7 Å². The van der Waals surface area contributed by atoms with Crippen molar-refractivity contribution < 1.29 is 4.39 Å². The molecule has 0 bridgehead atoms. The molecule has 7 heteroatoms. The van der Waals surface area contributed by atoms with Gasteiger partial charge in [0.05, 0.1) is 20.6 Å². The van der Waals surface area contributed by atoms with Gasteiger partial charge < -0.3 is 0 Å². The zero-order chi connectivity index (χ0) is 15.1. The highest BCUT2D eigenvalue weighted by molar-refractivity contribution is 9.10. The summed E-state index contributed by atoms with van der Waals surface area (Å²) in [5.41, 5.74) is 1.99. The summed E-state index contributed by atoms with van der Waals surface area (Å²) in [4.78, 5) is 8.79. The highest BCUT2D eigenvalue weighted by Crippen LogP contribution is 2.29. The average molecular weight is 389 g/mol. The molecule has 0 aliphatic heterocycles. The molecule has 0 amide bonds. The quantitative estimate of drug-likeness (QED) is 0.559. The number of hydrogen-bond acceptors (Lipinski definition) is 2. The number of aromatic nitrogens is 3. The van der Waals surface area contributed by atoms with Crippen LogP contribution in [-0.2, 0) is 0 Å². The summed E-state index contributed by atoms with van der Waals surface area (Å²) in [6, 6.07) is 6.42. The van der Waals surface area contributed by atoms with Crippen LogP contribution in [0.1, 0.15) is 18.1 Å². The number of fused-ring (bicyclic) bond motifs is 1. The molecule has 3 aromatic rings. The normalized spacial score (nSPS) is 12.8. The maximum absolute atomic E-state index is 13.4. The molecule has 0 saturated carbocycles. The van der Waals surface area contributed by atoms with E-state index >= 15 is 0 Å². The van der Waals surface area contributed by atoms with E-state index in [1.54, 1.807) is 29.0 Å². The van der Waals surface area contributed by atoms with Crippen LogP contribution < -0.4 is 0 Å². The van der Waals surface area contributed by atoms with Crippen molar-refractivity contribution >= 4 is 50.3 Å². The van der Waals surface area contributed by atoms with Crippen molar-refractivity contribution in [1.29, 1.82) is 0 Å². The highest BCUT2D eigenvalue weighted by atomic mass is 79.9. The Hall–Kier alpha value is -1.17. The molecular formula is C14H9BrCl2FN3. The number of nitrogens with zero attached hydrogens (tertiary/aromatic N) is 3. The lowest BCUT2D eigenvalue weighted by molar-refractivity contribution is 0.620. The molecule has 0 radical (unpaired) electrons. The summed E-state index contributed by atoms with van der Waals surface area (Å²) in [5.74, 6) is 0.291. The van der Waals surface area contributed by atoms with Gasteiger partial charge in [0.15, 0.2) is 5.65 Å². The fourth-order valence-electron chi connectivity index (χ4n) is 2.10. The van der Waals surface area contributed by atoms with E-state index in [9.17, 15) is 4.39 Å². The van der Waals surface area contributed by atoms with Gasteiger partial charge in [0.25, 0.3) is 0 Å². The molecular weight excluding hydrogens is 380 g/mol. The van der Waals surface area contributed by atoms with E-state index in [0.717, 1.165) is 5.69 Å². The van der Waals surface area contributed by atoms with Crippen LogP contribution in [0.25, 0.3) is 16.9 Å². The molecule has 3 nitrogen and oxygen atoms in total. The van der Waals surface area contributed by atoms with Gasteiger partial charge >= 0.3 is 0 Å². The monoisotopic (exact) mass is 387 g/mol. The van der Waals surface area contributed by atoms with Crippen molar-refractivity contribution in [2.24, 2.45) is 0 Å². The summed E-state index contributed by atoms with van der Waals surface area (Å²) in [6.45, 7) is 1.82. The first-order valence-corrected chi connectivity index (χ1v) is 7.71. The van der Waals surface area contributed by atoms with Crippen LogP contribution in [0.5, 0.6) is 0 Å². The van der Waals surface area contributed by atoms with Crippen molar-refractivity contribution in [3.8, 4) is 5.69 Å². The van der Waals surface area contributed by atoms with Gasteiger partial charge in [-0.2, -0.15) is 0 Å². The molecule has 1 aromatic carbocycles. The third kappa shape index (κ3) is 2.65. The first-order valence-electron chi connectivity index (χ1n) is 6.11. The zero-order valence-electron chi connectivity index (χ0n) is 10.8. The number of alkyl halides is 1. The standard InChI is InChI=1S/C14H9BrCl2FN3/c1-7(16)13-20-12-4-8(17)6-19-14(12)21(13)9-2-3-11(18)10(15)5-9/h2-7H,1H3. The van der Waals surface area contributed by atoms with Gasteiger partial charge in [-0.3, -0.25) is 4.57 Å². The molecule has 1 unspecified atom stereocenters. The Morgan fingerprint density at radius 2 is 2.10 bits per heavy atom. The van der Waals surface area contributed by atoms with Crippen LogP contribution in [-0.4, -0.2) is 14.5 Å². The fraction of sp³-hybridized carbons (Fsp3) is 0.143. The molecule has 2 heterocycles. The van der Waals surface area contributed by atoms with Crippen LogP contribution in [0.15, 0.2) is 34.9 Å². The molecule has 0 spiro atoms. The largest absolute Gasteiger partial charge is 0.279 e. The summed E-state index contributed by atoms with van der Waals surface area (Å²) in [5, 5.41) is 0.169. The van der Waals surface area contributed by atoms with E-state index in [1.807, 2.05) is 6.92 Å². The Bertz CT molecular complexity index is 832. The first kappa shape index (κ1) is 14.8. The van der Waals surface area contributed by atoms with E-state index < -0.39 is 0 Å². The number of hydrogen-bond donors (Lipinski definition) is 0. The molecule has 3 rings (SSSR count). The van der Waals surface area contributed by atoms with Gasteiger partial charge in [0.1, 0.15) is 17.2 Å². The first-order chi connectivity index (χ1) is 9.97. The second-order valence-corrected chi connectivity index (χ2v) is 6.46. The van der Waals surface area contributed by atoms with E-state index in [-0.39, 0.29) is 11.2 Å². The van der Waals surface area contributed by atoms with Crippen molar-refractivity contribution in [2.75, 3.05) is 0 Å². The van der Waals surface area contributed by atoms with Gasteiger partial charge in [-0.1, -0.05) is 11.6 Å². The minimum absolute atomic E-state index is 0.332. The number of pyridine rings is 1. The van der Waals surface area contributed by atoms with Crippen molar-refractivity contribution in [1.82, 2.24) is 14.5 Å². The number of benzene rings is 1. The van der Waals surface area contributed by atoms with E-state index in [2.05, 4.69) is 25.9 Å². The van der Waals surface area contributed by atoms with Crippen molar-refractivity contribution in [3.05, 3.63) is 51.6 Å². The van der Waals surface area contributed by atoms with Gasteiger partial charge in [-0.25, -0.2) is 14.4 Å². The smallest absolute Gasteiger partial charge is 0.164 e. The fourth-order valence-corrected chi connectivity index (χ4v) is 2.77. The van der Waals surface area contributed by atoms with Crippen LogP contribution in [0.2, 0.25) is 5.02 Å². The summed E-state index contributed by atoms with van der Waals surface area (Å²) in [6.07, 6.45) is 1.54. The van der Waals surface area contributed by atoms with Crippen LogP contribution >= 0.6 is 39.1 Å².